The van der Waals surface area contributed by atoms with Crippen molar-refractivity contribution in [3.63, 3.8) is 0 Å². The molecule has 0 spiro atoms. The third kappa shape index (κ3) is 2.86. The van der Waals surface area contributed by atoms with Gasteiger partial charge < -0.3 is 10.4 Å². The molecule has 3 aliphatic rings. The molecule has 1 amide bonds. The van der Waals surface area contributed by atoms with Crippen molar-refractivity contribution < 1.29 is 9.90 Å². The maximum Gasteiger partial charge on any atom is 0.237 e. The molecule has 2 N–H and O–H groups in total. The Balaban J connectivity index is 1.72. The van der Waals surface area contributed by atoms with E-state index < -0.39 is 0 Å². The van der Waals surface area contributed by atoms with Crippen LogP contribution in [0, 0.1) is 5.92 Å². The molecular weight excluding hydrogens is 252 g/mol. The Labute approximate surface area is 121 Å². The van der Waals surface area contributed by atoms with Crippen LogP contribution in [0.15, 0.2) is 0 Å². The minimum absolute atomic E-state index is 0.0547. The van der Waals surface area contributed by atoms with Gasteiger partial charge in [0.2, 0.25) is 5.91 Å². The van der Waals surface area contributed by atoms with E-state index in [-0.39, 0.29) is 18.1 Å². The fourth-order valence-electron chi connectivity index (χ4n) is 4.49. The van der Waals surface area contributed by atoms with E-state index in [1.165, 1.54) is 12.8 Å². The quantitative estimate of drug-likeness (QED) is 0.809. The summed E-state index contributed by atoms with van der Waals surface area (Å²) >= 11 is 0. The minimum Gasteiger partial charge on any atom is -0.393 e. The monoisotopic (exact) mass is 280 g/mol. The van der Waals surface area contributed by atoms with E-state index in [1.54, 1.807) is 0 Å². The van der Waals surface area contributed by atoms with Crippen molar-refractivity contribution in [1.29, 1.82) is 0 Å². The molecule has 4 atom stereocenters. The Hall–Kier alpha value is -0.610. The predicted molar refractivity (Wildman–Crippen MR) is 78.3 cm³/mol. The fraction of sp³-hybridized carbons (Fsp3) is 0.938. The van der Waals surface area contributed by atoms with Gasteiger partial charge in [-0.05, 0) is 51.5 Å². The maximum atomic E-state index is 12.3. The number of likely N-dealkylation sites (tertiary alicyclic amines) is 1. The molecule has 0 aromatic heterocycles. The van der Waals surface area contributed by atoms with Gasteiger partial charge in [-0.25, -0.2) is 0 Å². The second-order valence-corrected chi connectivity index (χ2v) is 6.77. The molecule has 0 bridgehead atoms. The Morgan fingerprint density at radius 3 is 2.65 bits per heavy atom. The van der Waals surface area contributed by atoms with Crippen molar-refractivity contribution in [3.05, 3.63) is 0 Å². The Bertz CT molecular complexity index is 347. The molecule has 114 valence electrons. The highest BCUT2D eigenvalue weighted by molar-refractivity contribution is 5.82. The molecule has 2 heterocycles. The van der Waals surface area contributed by atoms with Gasteiger partial charge in [-0.2, -0.15) is 0 Å². The highest BCUT2D eigenvalue weighted by Gasteiger charge is 2.41. The van der Waals surface area contributed by atoms with Gasteiger partial charge in [0, 0.05) is 18.5 Å². The van der Waals surface area contributed by atoms with Crippen LogP contribution in [0.3, 0.4) is 0 Å². The highest BCUT2D eigenvalue weighted by Crippen LogP contribution is 2.36. The third-order valence-electron chi connectivity index (χ3n) is 5.52. The average molecular weight is 280 g/mol. The highest BCUT2D eigenvalue weighted by atomic mass is 16.3. The summed E-state index contributed by atoms with van der Waals surface area (Å²) in [7, 11) is 0. The second kappa shape index (κ2) is 6.44. The summed E-state index contributed by atoms with van der Waals surface area (Å²) in [4.78, 5) is 14.7. The van der Waals surface area contributed by atoms with E-state index in [9.17, 15) is 9.90 Å². The number of amides is 1. The van der Waals surface area contributed by atoms with Crippen molar-refractivity contribution in [1.82, 2.24) is 10.2 Å². The van der Waals surface area contributed by atoms with Crippen molar-refractivity contribution in [3.8, 4) is 0 Å². The lowest BCUT2D eigenvalue weighted by molar-refractivity contribution is -0.127. The van der Waals surface area contributed by atoms with E-state index in [1.807, 2.05) is 0 Å². The van der Waals surface area contributed by atoms with Crippen LogP contribution >= 0.6 is 0 Å². The van der Waals surface area contributed by atoms with Gasteiger partial charge in [0.1, 0.15) is 0 Å². The number of nitrogens with one attached hydrogen (secondary N) is 1. The molecule has 4 unspecified atom stereocenters. The standard InChI is InChI=1S/C16H28N2O2/c19-15-9-2-1-6-12(15)13-8-5-11-18(13)14-7-3-4-10-17-16(14)20/h12-15,19H,1-11H2,(H,17,20). The third-order valence-corrected chi connectivity index (χ3v) is 5.52. The van der Waals surface area contributed by atoms with Gasteiger partial charge in [-0.3, -0.25) is 9.69 Å². The predicted octanol–water partition coefficient (Wildman–Crippen LogP) is 1.67. The summed E-state index contributed by atoms with van der Waals surface area (Å²) < 4.78 is 0. The molecule has 3 fully saturated rings. The Morgan fingerprint density at radius 1 is 1.00 bits per heavy atom. The maximum absolute atomic E-state index is 12.3. The van der Waals surface area contributed by atoms with Crippen molar-refractivity contribution in [2.24, 2.45) is 5.92 Å². The molecule has 1 aliphatic carbocycles. The SMILES string of the molecule is O=C1NCCCCC1N1CCCC1C1CCCCC1O. The number of aliphatic hydroxyl groups is 1. The molecule has 4 nitrogen and oxygen atoms in total. The van der Waals surface area contributed by atoms with Gasteiger partial charge in [0.05, 0.1) is 12.1 Å². The molecule has 20 heavy (non-hydrogen) atoms. The molecule has 0 aromatic carbocycles. The van der Waals surface area contributed by atoms with Crippen molar-refractivity contribution in [2.75, 3.05) is 13.1 Å². The number of aliphatic hydroxyl groups excluding tert-OH is 1. The van der Waals surface area contributed by atoms with Gasteiger partial charge in [-0.15, -0.1) is 0 Å². The number of rotatable bonds is 2. The zero-order valence-corrected chi connectivity index (χ0v) is 12.4. The Kier molecular flexibility index (Phi) is 4.61. The number of hydrogen-bond donors (Lipinski definition) is 2. The lowest BCUT2D eigenvalue weighted by Crippen LogP contribution is -2.52. The molecule has 2 saturated heterocycles. The minimum atomic E-state index is -0.150. The van der Waals surface area contributed by atoms with Crippen molar-refractivity contribution >= 4 is 5.91 Å². The lowest BCUT2D eigenvalue weighted by Gasteiger charge is -2.40. The van der Waals surface area contributed by atoms with Gasteiger partial charge in [0.15, 0.2) is 0 Å². The lowest BCUT2D eigenvalue weighted by atomic mass is 9.80. The molecule has 3 rings (SSSR count). The Morgan fingerprint density at radius 2 is 1.80 bits per heavy atom. The van der Waals surface area contributed by atoms with E-state index in [0.29, 0.717) is 12.0 Å². The summed E-state index contributed by atoms with van der Waals surface area (Å²) in [5, 5.41) is 13.4. The van der Waals surface area contributed by atoms with Crippen LogP contribution in [0.2, 0.25) is 0 Å². The van der Waals surface area contributed by atoms with Crippen LogP contribution in [0.4, 0.5) is 0 Å². The molecule has 2 aliphatic heterocycles. The largest absolute Gasteiger partial charge is 0.393 e. The molecular formula is C16H28N2O2. The van der Waals surface area contributed by atoms with E-state index in [4.69, 9.17) is 0 Å². The normalized spacial score (nSPS) is 40.4. The smallest absolute Gasteiger partial charge is 0.237 e. The molecule has 1 saturated carbocycles. The fourth-order valence-corrected chi connectivity index (χ4v) is 4.49. The number of nitrogens with zero attached hydrogens (tertiary/aromatic N) is 1. The van der Waals surface area contributed by atoms with Gasteiger partial charge in [-0.1, -0.05) is 12.8 Å². The first-order valence-corrected chi connectivity index (χ1v) is 8.49. The average Bonchev–Trinajstić information content (AvgIpc) is 2.82. The van der Waals surface area contributed by atoms with Crippen LogP contribution in [0.5, 0.6) is 0 Å². The van der Waals surface area contributed by atoms with E-state index >= 15 is 0 Å². The van der Waals surface area contributed by atoms with E-state index in [2.05, 4.69) is 10.2 Å². The summed E-state index contributed by atoms with van der Waals surface area (Å²) in [5.74, 6) is 0.613. The second-order valence-electron chi connectivity index (χ2n) is 6.77. The summed E-state index contributed by atoms with van der Waals surface area (Å²) in [6.07, 6.45) is 9.91. The van der Waals surface area contributed by atoms with E-state index in [0.717, 1.165) is 58.0 Å². The molecule has 0 aromatic rings. The van der Waals surface area contributed by atoms with Gasteiger partial charge in [0.25, 0.3) is 0 Å². The summed E-state index contributed by atoms with van der Waals surface area (Å²) in [6.45, 7) is 1.87. The zero-order chi connectivity index (χ0) is 13.9. The zero-order valence-electron chi connectivity index (χ0n) is 12.4. The summed E-state index contributed by atoms with van der Waals surface area (Å²) in [5.41, 5.74) is 0. The van der Waals surface area contributed by atoms with Crippen LogP contribution in [0.25, 0.3) is 0 Å². The van der Waals surface area contributed by atoms with Crippen molar-refractivity contribution in [2.45, 2.75) is 76.0 Å². The van der Waals surface area contributed by atoms with Crippen LogP contribution < -0.4 is 5.32 Å². The molecule has 4 heteroatoms. The van der Waals surface area contributed by atoms with Crippen LogP contribution in [-0.2, 0) is 4.79 Å². The number of hydrogen-bond acceptors (Lipinski definition) is 3. The topological polar surface area (TPSA) is 52.6 Å². The van der Waals surface area contributed by atoms with Gasteiger partial charge >= 0.3 is 0 Å². The number of carbonyl (C=O) groups excluding carboxylic acids is 1. The molecule has 0 radical (unpaired) electrons. The first kappa shape index (κ1) is 14.3. The first-order chi connectivity index (χ1) is 9.77. The number of carbonyl (C=O) groups is 1. The van der Waals surface area contributed by atoms with Crippen LogP contribution in [0.1, 0.15) is 57.8 Å². The summed E-state index contributed by atoms with van der Waals surface area (Å²) in [6, 6.07) is 0.485. The first-order valence-electron chi connectivity index (χ1n) is 8.49. The van der Waals surface area contributed by atoms with Crippen LogP contribution in [-0.4, -0.2) is 47.2 Å².